The van der Waals surface area contributed by atoms with E-state index in [2.05, 4.69) is 5.32 Å². The Bertz CT molecular complexity index is 402. The average Bonchev–Trinajstić information content (AvgIpc) is 2.16. The van der Waals surface area contributed by atoms with Crippen molar-refractivity contribution < 1.29 is 9.59 Å². The number of aryl methyl sites for hydroxylation is 1. The first-order valence-electron chi connectivity index (χ1n) is 5.15. The number of primary amides is 1. The molecular weight excluding hydrogens is 204 g/mol. The van der Waals surface area contributed by atoms with Gasteiger partial charge in [0.15, 0.2) is 0 Å². The Morgan fingerprint density at radius 2 is 2.12 bits per heavy atom. The molecule has 4 heteroatoms. The minimum Gasteiger partial charge on any atom is -0.369 e. The molecule has 1 unspecified atom stereocenters. The number of benzene rings is 1. The summed E-state index contributed by atoms with van der Waals surface area (Å²) < 4.78 is 0. The second kappa shape index (κ2) is 5.30. The monoisotopic (exact) mass is 220 g/mol. The van der Waals surface area contributed by atoms with E-state index in [1.807, 2.05) is 25.1 Å². The van der Waals surface area contributed by atoms with E-state index in [0.717, 1.165) is 11.3 Å². The maximum absolute atomic E-state index is 11.5. The molecule has 1 rings (SSSR count). The number of nitrogens with one attached hydrogen (secondary N) is 1. The molecule has 16 heavy (non-hydrogen) atoms. The first-order valence-corrected chi connectivity index (χ1v) is 5.15. The Morgan fingerprint density at radius 1 is 1.44 bits per heavy atom. The SMILES string of the molecule is Cc1cccc(NC(=O)CC(C)C(N)=O)c1. The normalized spacial score (nSPS) is 11.9. The molecule has 0 saturated carbocycles. The van der Waals surface area contributed by atoms with E-state index in [4.69, 9.17) is 5.73 Å². The van der Waals surface area contributed by atoms with E-state index < -0.39 is 11.8 Å². The van der Waals surface area contributed by atoms with Crippen LogP contribution in [0.3, 0.4) is 0 Å². The molecule has 0 bridgehead atoms. The maximum atomic E-state index is 11.5. The molecule has 0 radical (unpaired) electrons. The minimum absolute atomic E-state index is 0.114. The van der Waals surface area contributed by atoms with Gasteiger partial charge in [-0.3, -0.25) is 9.59 Å². The molecule has 0 aromatic heterocycles. The molecule has 4 nitrogen and oxygen atoms in total. The number of nitrogens with two attached hydrogens (primary N) is 1. The first-order chi connectivity index (χ1) is 7.49. The Kier molecular flexibility index (Phi) is 4.05. The Morgan fingerprint density at radius 3 is 2.69 bits per heavy atom. The fourth-order valence-corrected chi connectivity index (χ4v) is 1.31. The number of rotatable bonds is 4. The fraction of sp³-hybridized carbons (Fsp3) is 0.333. The number of carbonyl (C=O) groups is 2. The van der Waals surface area contributed by atoms with Crippen molar-refractivity contribution in [3.05, 3.63) is 29.8 Å². The predicted molar refractivity (Wildman–Crippen MR) is 62.8 cm³/mol. The highest BCUT2D eigenvalue weighted by molar-refractivity contribution is 5.93. The van der Waals surface area contributed by atoms with Crippen LogP contribution >= 0.6 is 0 Å². The molecule has 0 fully saturated rings. The number of anilines is 1. The van der Waals surface area contributed by atoms with E-state index in [9.17, 15) is 9.59 Å². The smallest absolute Gasteiger partial charge is 0.225 e. The number of amides is 2. The van der Waals surface area contributed by atoms with Gasteiger partial charge in [-0.05, 0) is 24.6 Å². The summed E-state index contributed by atoms with van der Waals surface area (Å²) in [4.78, 5) is 22.3. The zero-order valence-electron chi connectivity index (χ0n) is 9.49. The highest BCUT2D eigenvalue weighted by Gasteiger charge is 2.13. The van der Waals surface area contributed by atoms with Crippen molar-refractivity contribution >= 4 is 17.5 Å². The van der Waals surface area contributed by atoms with Gasteiger partial charge in [0.05, 0.1) is 0 Å². The molecule has 1 aromatic rings. The lowest BCUT2D eigenvalue weighted by Gasteiger charge is -2.08. The molecule has 0 spiro atoms. The highest BCUT2D eigenvalue weighted by Crippen LogP contribution is 2.11. The molecule has 0 aliphatic rings. The van der Waals surface area contributed by atoms with Crippen LogP contribution in [0, 0.1) is 12.8 Å². The van der Waals surface area contributed by atoms with Crippen LogP contribution in [0.25, 0.3) is 0 Å². The zero-order valence-corrected chi connectivity index (χ0v) is 9.49. The molecular formula is C12H16N2O2. The summed E-state index contributed by atoms with van der Waals surface area (Å²) in [5, 5.41) is 2.72. The van der Waals surface area contributed by atoms with Crippen molar-refractivity contribution in [2.45, 2.75) is 20.3 Å². The molecule has 86 valence electrons. The van der Waals surface area contributed by atoms with Crippen LogP contribution in [0.4, 0.5) is 5.69 Å². The average molecular weight is 220 g/mol. The number of hydrogen-bond acceptors (Lipinski definition) is 2. The lowest BCUT2D eigenvalue weighted by atomic mass is 10.1. The predicted octanol–water partition coefficient (Wildman–Crippen LogP) is 1.45. The van der Waals surface area contributed by atoms with E-state index in [1.165, 1.54) is 0 Å². The van der Waals surface area contributed by atoms with Gasteiger partial charge in [0.25, 0.3) is 0 Å². The second-order valence-electron chi connectivity index (χ2n) is 3.93. The molecule has 1 aromatic carbocycles. The lowest BCUT2D eigenvalue weighted by Crippen LogP contribution is -2.25. The van der Waals surface area contributed by atoms with Crippen LogP contribution in [0.1, 0.15) is 18.9 Å². The van der Waals surface area contributed by atoms with Gasteiger partial charge in [-0.1, -0.05) is 19.1 Å². The summed E-state index contributed by atoms with van der Waals surface area (Å²) >= 11 is 0. The van der Waals surface area contributed by atoms with Crippen LogP contribution in [0.2, 0.25) is 0 Å². The summed E-state index contributed by atoms with van der Waals surface area (Å²) in [7, 11) is 0. The van der Waals surface area contributed by atoms with Gasteiger partial charge < -0.3 is 11.1 Å². The van der Waals surface area contributed by atoms with Crippen LogP contribution in [0.5, 0.6) is 0 Å². The van der Waals surface area contributed by atoms with Crippen LogP contribution < -0.4 is 11.1 Å². The molecule has 2 amide bonds. The summed E-state index contributed by atoms with van der Waals surface area (Å²) in [6.45, 7) is 3.58. The number of hydrogen-bond donors (Lipinski definition) is 2. The van der Waals surface area contributed by atoms with Gasteiger partial charge in [0.2, 0.25) is 11.8 Å². The molecule has 3 N–H and O–H groups in total. The first kappa shape index (κ1) is 12.2. The van der Waals surface area contributed by atoms with E-state index in [1.54, 1.807) is 13.0 Å². The molecule has 1 atom stereocenters. The van der Waals surface area contributed by atoms with Crippen molar-refractivity contribution in [2.24, 2.45) is 11.7 Å². The van der Waals surface area contributed by atoms with E-state index >= 15 is 0 Å². The van der Waals surface area contributed by atoms with Crippen molar-refractivity contribution in [1.29, 1.82) is 0 Å². The van der Waals surface area contributed by atoms with Crippen molar-refractivity contribution in [3.8, 4) is 0 Å². The van der Waals surface area contributed by atoms with Gasteiger partial charge in [0.1, 0.15) is 0 Å². The topological polar surface area (TPSA) is 72.2 Å². The summed E-state index contributed by atoms with van der Waals surface area (Å²) in [5.74, 6) is -1.10. The largest absolute Gasteiger partial charge is 0.369 e. The third-order valence-corrected chi connectivity index (χ3v) is 2.28. The van der Waals surface area contributed by atoms with Crippen LogP contribution in [-0.2, 0) is 9.59 Å². The fourth-order valence-electron chi connectivity index (χ4n) is 1.31. The number of carbonyl (C=O) groups excluding carboxylic acids is 2. The van der Waals surface area contributed by atoms with Gasteiger partial charge in [-0.25, -0.2) is 0 Å². The van der Waals surface area contributed by atoms with E-state index in [-0.39, 0.29) is 12.3 Å². The van der Waals surface area contributed by atoms with Gasteiger partial charge >= 0.3 is 0 Å². The summed E-state index contributed by atoms with van der Waals surface area (Å²) in [6.07, 6.45) is 0.114. The van der Waals surface area contributed by atoms with Gasteiger partial charge in [0, 0.05) is 18.0 Å². The van der Waals surface area contributed by atoms with Crippen molar-refractivity contribution in [1.82, 2.24) is 0 Å². The lowest BCUT2D eigenvalue weighted by molar-refractivity contribution is -0.125. The standard InChI is InChI=1S/C12H16N2O2/c1-8-4-3-5-10(6-8)14-11(15)7-9(2)12(13)16/h3-6,9H,7H2,1-2H3,(H2,13,16)(H,14,15). The van der Waals surface area contributed by atoms with Crippen molar-refractivity contribution in [2.75, 3.05) is 5.32 Å². The molecule has 0 saturated heterocycles. The van der Waals surface area contributed by atoms with Gasteiger partial charge in [-0.15, -0.1) is 0 Å². The quantitative estimate of drug-likeness (QED) is 0.806. The van der Waals surface area contributed by atoms with Crippen molar-refractivity contribution in [3.63, 3.8) is 0 Å². The molecule has 0 aliphatic carbocycles. The minimum atomic E-state index is -0.459. The molecule has 0 aliphatic heterocycles. The third-order valence-electron chi connectivity index (χ3n) is 2.28. The second-order valence-corrected chi connectivity index (χ2v) is 3.93. The highest BCUT2D eigenvalue weighted by atomic mass is 16.2. The van der Waals surface area contributed by atoms with Crippen LogP contribution in [-0.4, -0.2) is 11.8 Å². The summed E-state index contributed by atoms with van der Waals surface area (Å²) in [6, 6.07) is 7.48. The Labute approximate surface area is 94.8 Å². The zero-order chi connectivity index (χ0) is 12.1. The van der Waals surface area contributed by atoms with Crippen LogP contribution in [0.15, 0.2) is 24.3 Å². The maximum Gasteiger partial charge on any atom is 0.225 e. The van der Waals surface area contributed by atoms with Gasteiger partial charge in [-0.2, -0.15) is 0 Å². The summed E-state index contributed by atoms with van der Waals surface area (Å²) in [5.41, 5.74) is 6.89. The Balaban J connectivity index is 2.55. The molecule has 0 heterocycles. The van der Waals surface area contributed by atoms with E-state index in [0.29, 0.717) is 0 Å². The third kappa shape index (κ3) is 3.73. The Hall–Kier alpha value is -1.84.